The Morgan fingerprint density at radius 2 is 2.05 bits per heavy atom. The van der Waals surface area contributed by atoms with Gasteiger partial charge in [-0.25, -0.2) is 9.18 Å². The van der Waals surface area contributed by atoms with Gasteiger partial charge < -0.3 is 10.0 Å². The molecule has 2 aromatic rings. The minimum absolute atomic E-state index is 0.249. The van der Waals surface area contributed by atoms with Crippen molar-refractivity contribution in [3.63, 3.8) is 0 Å². The van der Waals surface area contributed by atoms with Crippen molar-refractivity contribution < 1.29 is 14.3 Å². The van der Waals surface area contributed by atoms with E-state index in [1.54, 1.807) is 25.1 Å². The van der Waals surface area contributed by atoms with Gasteiger partial charge in [0.15, 0.2) is 5.82 Å². The zero-order valence-electron chi connectivity index (χ0n) is 11.8. The molecule has 2 heterocycles. The van der Waals surface area contributed by atoms with Crippen LogP contribution in [0.3, 0.4) is 0 Å². The van der Waals surface area contributed by atoms with E-state index in [1.807, 2.05) is 0 Å². The van der Waals surface area contributed by atoms with Crippen LogP contribution < -0.4 is 10.5 Å². The summed E-state index contributed by atoms with van der Waals surface area (Å²) in [5.74, 6) is -1.59. The maximum absolute atomic E-state index is 14.1. The van der Waals surface area contributed by atoms with Gasteiger partial charge in [-0.3, -0.25) is 9.20 Å². The van der Waals surface area contributed by atoms with Crippen molar-refractivity contribution in [1.29, 1.82) is 0 Å². The summed E-state index contributed by atoms with van der Waals surface area (Å²) in [6, 6.07) is 3.05. The topological polar surface area (TPSA) is 62.0 Å². The highest BCUT2D eigenvalue weighted by atomic mass is 19.1. The second-order valence-corrected chi connectivity index (χ2v) is 5.55. The number of hydrogen-bond acceptors (Lipinski definition) is 3. The Morgan fingerprint density at radius 1 is 1.38 bits per heavy atom. The smallest absolute Gasteiger partial charge is 0.341 e. The van der Waals surface area contributed by atoms with Gasteiger partial charge in [0.25, 0.3) is 5.56 Å². The lowest BCUT2D eigenvalue weighted by Gasteiger charge is -2.16. The highest BCUT2D eigenvalue weighted by molar-refractivity contribution is 5.88. The van der Waals surface area contributed by atoms with Crippen molar-refractivity contribution >= 4 is 17.2 Å². The van der Waals surface area contributed by atoms with E-state index in [0.29, 0.717) is 11.2 Å². The summed E-state index contributed by atoms with van der Waals surface area (Å²) in [6.07, 6.45) is 2.99. The normalized spacial score (nSPS) is 14.4. The number of rotatable bonds is 3. The number of aromatic nitrogens is 1. The maximum atomic E-state index is 14.1. The van der Waals surface area contributed by atoms with Crippen molar-refractivity contribution in [3.8, 4) is 0 Å². The van der Waals surface area contributed by atoms with E-state index >= 15 is 0 Å². The fraction of sp³-hybridized carbons (Fsp3) is 0.333. The second-order valence-electron chi connectivity index (χ2n) is 5.55. The number of anilines is 1. The van der Waals surface area contributed by atoms with Gasteiger partial charge in [0, 0.05) is 14.1 Å². The number of carboxylic acids is 1. The van der Waals surface area contributed by atoms with E-state index in [0.717, 1.165) is 29.0 Å². The van der Waals surface area contributed by atoms with Gasteiger partial charge in [-0.15, -0.1) is 0 Å². The van der Waals surface area contributed by atoms with Crippen molar-refractivity contribution in [2.24, 2.45) is 0 Å². The third-order valence-electron chi connectivity index (χ3n) is 3.79. The summed E-state index contributed by atoms with van der Waals surface area (Å²) in [4.78, 5) is 25.0. The van der Waals surface area contributed by atoms with Crippen LogP contribution in [-0.4, -0.2) is 29.6 Å². The molecular formula is C15H15FN2O3. The number of carbonyl (C=O) groups is 1. The summed E-state index contributed by atoms with van der Waals surface area (Å²) >= 11 is 0. The molecule has 1 aliphatic rings. The molecule has 0 radical (unpaired) electrons. The van der Waals surface area contributed by atoms with Crippen LogP contribution in [0.2, 0.25) is 0 Å². The predicted octanol–water partition coefficient (Wildman–Crippen LogP) is 2.08. The van der Waals surface area contributed by atoms with Gasteiger partial charge in [0.05, 0.1) is 17.4 Å². The first-order valence-electron chi connectivity index (χ1n) is 6.69. The van der Waals surface area contributed by atoms with E-state index in [2.05, 4.69) is 0 Å². The summed E-state index contributed by atoms with van der Waals surface area (Å²) < 4.78 is 15.2. The molecule has 1 N–H and O–H groups in total. The number of fused-ring (bicyclic) bond motifs is 1. The minimum atomic E-state index is -1.28. The average molecular weight is 290 g/mol. The van der Waals surface area contributed by atoms with Gasteiger partial charge in [-0.1, -0.05) is 0 Å². The lowest BCUT2D eigenvalue weighted by atomic mass is 10.1. The Labute approximate surface area is 120 Å². The van der Waals surface area contributed by atoms with E-state index in [9.17, 15) is 14.0 Å². The first kappa shape index (κ1) is 13.6. The first-order chi connectivity index (χ1) is 9.90. The molecule has 1 aliphatic carbocycles. The van der Waals surface area contributed by atoms with Crippen LogP contribution in [0.25, 0.3) is 5.52 Å². The molecule has 110 valence electrons. The molecule has 0 amide bonds. The standard InChI is InChI=1S/C15H15FN2O3/c1-17(2)13-6-12-9(8-3-4-8)5-10(15(20)21)14(19)18(12)7-11(13)16/h5-8H,3-4H2,1-2H3,(H,20,21). The fourth-order valence-corrected chi connectivity index (χ4v) is 2.55. The third kappa shape index (κ3) is 2.16. The molecule has 6 heteroatoms. The Hall–Kier alpha value is -2.37. The highest BCUT2D eigenvalue weighted by Crippen LogP contribution is 2.42. The zero-order valence-corrected chi connectivity index (χ0v) is 11.8. The zero-order chi connectivity index (χ0) is 15.3. The van der Waals surface area contributed by atoms with Crippen molar-refractivity contribution in [2.45, 2.75) is 18.8 Å². The molecule has 1 fully saturated rings. The van der Waals surface area contributed by atoms with E-state index in [4.69, 9.17) is 5.11 Å². The van der Waals surface area contributed by atoms with Crippen LogP contribution >= 0.6 is 0 Å². The molecule has 0 aromatic carbocycles. The van der Waals surface area contributed by atoms with Gasteiger partial charge in [0.1, 0.15) is 5.56 Å². The van der Waals surface area contributed by atoms with Gasteiger partial charge in [-0.2, -0.15) is 0 Å². The third-order valence-corrected chi connectivity index (χ3v) is 3.79. The Kier molecular flexibility index (Phi) is 2.97. The molecule has 1 saturated carbocycles. The Bertz CT molecular complexity index is 807. The number of aromatic carboxylic acids is 1. The van der Waals surface area contributed by atoms with Crippen LogP contribution in [0, 0.1) is 5.82 Å². The van der Waals surface area contributed by atoms with Crippen LogP contribution in [0.5, 0.6) is 0 Å². The van der Waals surface area contributed by atoms with E-state index < -0.39 is 17.3 Å². The average Bonchev–Trinajstić information content (AvgIpc) is 3.22. The molecule has 0 unspecified atom stereocenters. The molecule has 5 nitrogen and oxygen atoms in total. The number of carboxylic acid groups (broad SMARTS) is 1. The number of pyridine rings is 2. The molecule has 0 atom stereocenters. The van der Waals surface area contributed by atoms with Gasteiger partial charge >= 0.3 is 5.97 Å². The molecular weight excluding hydrogens is 275 g/mol. The van der Waals surface area contributed by atoms with Crippen molar-refractivity contribution in [3.05, 3.63) is 45.6 Å². The molecule has 3 rings (SSSR count). The first-order valence-corrected chi connectivity index (χ1v) is 6.69. The quantitative estimate of drug-likeness (QED) is 0.940. The SMILES string of the molecule is CN(C)c1cc2c(C3CC3)cc(C(=O)O)c(=O)n2cc1F. The fourth-order valence-electron chi connectivity index (χ4n) is 2.55. The molecule has 21 heavy (non-hydrogen) atoms. The predicted molar refractivity (Wildman–Crippen MR) is 76.9 cm³/mol. The maximum Gasteiger partial charge on any atom is 0.341 e. The lowest BCUT2D eigenvalue weighted by Crippen LogP contribution is -2.24. The Balaban J connectivity index is 2.41. The summed E-state index contributed by atoms with van der Waals surface area (Å²) in [6.45, 7) is 0. The monoisotopic (exact) mass is 290 g/mol. The summed E-state index contributed by atoms with van der Waals surface area (Å²) in [5.41, 5.74) is 0.740. The highest BCUT2D eigenvalue weighted by Gasteiger charge is 2.28. The van der Waals surface area contributed by atoms with Gasteiger partial charge in [0.2, 0.25) is 0 Å². The number of halogens is 1. The van der Waals surface area contributed by atoms with Crippen molar-refractivity contribution in [1.82, 2.24) is 4.40 Å². The van der Waals surface area contributed by atoms with Gasteiger partial charge in [-0.05, 0) is 36.5 Å². The van der Waals surface area contributed by atoms with Crippen molar-refractivity contribution in [2.75, 3.05) is 19.0 Å². The van der Waals surface area contributed by atoms with Crippen LogP contribution in [0.15, 0.2) is 23.1 Å². The van der Waals surface area contributed by atoms with E-state index in [-0.39, 0.29) is 11.5 Å². The van der Waals surface area contributed by atoms with Crippen LogP contribution in [0.4, 0.5) is 10.1 Å². The molecule has 0 aliphatic heterocycles. The van der Waals surface area contributed by atoms with E-state index in [1.165, 1.54) is 6.07 Å². The minimum Gasteiger partial charge on any atom is -0.477 e. The molecule has 0 bridgehead atoms. The van der Waals surface area contributed by atoms with Crippen LogP contribution in [-0.2, 0) is 0 Å². The number of hydrogen-bond donors (Lipinski definition) is 1. The summed E-state index contributed by atoms with van der Waals surface area (Å²) in [7, 11) is 3.44. The summed E-state index contributed by atoms with van der Waals surface area (Å²) in [5, 5.41) is 9.15. The lowest BCUT2D eigenvalue weighted by molar-refractivity contribution is 0.0694. The molecule has 2 aromatic heterocycles. The Morgan fingerprint density at radius 3 is 2.57 bits per heavy atom. The van der Waals surface area contributed by atoms with Crippen LogP contribution in [0.1, 0.15) is 34.7 Å². The molecule has 0 spiro atoms. The molecule has 0 saturated heterocycles. The largest absolute Gasteiger partial charge is 0.477 e. The second kappa shape index (κ2) is 4.58. The number of nitrogens with zero attached hydrogens (tertiary/aromatic N) is 2.